The number of halogens is 2. The summed E-state index contributed by atoms with van der Waals surface area (Å²) in [4.78, 5) is 4.01. The van der Waals surface area contributed by atoms with E-state index in [9.17, 15) is 0 Å². The van der Waals surface area contributed by atoms with Crippen LogP contribution in [-0.2, 0) is 6.17 Å². The molecule has 0 spiro atoms. The summed E-state index contributed by atoms with van der Waals surface area (Å²) in [6.07, 6.45) is 4.29. The highest BCUT2D eigenvalue weighted by atomic mass is 35.5. The minimum Gasteiger partial charge on any atom is -0.257 e. The van der Waals surface area contributed by atoms with Gasteiger partial charge in [-0.3, -0.25) is 4.68 Å². The van der Waals surface area contributed by atoms with E-state index in [0.717, 1.165) is 16.2 Å². The zero-order valence-corrected chi connectivity index (χ0v) is 25.5. The first kappa shape index (κ1) is 28.6. The van der Waals surface area contributed by atoms with E-state index in [1.54, 1.807) is 12.7 Å². The molecule has 0 unspecified atom stereocenters. The molecule has 6 rings (SSSR count). The zero-order chi connectivity index (χ0) is 28.3. The SMILES string of the molecule is Clc1ccc(C([SiH2]Cn2cncn2)c2ccc(Cl)cc2)cc1.c1ccc(B(c2ccccc2)c2ccccc2)cc1. The Bertz CT molecular complexity index is 1440. The predicted octanol–water partition coefficient (Wildman–Crippen LogP) is 5.70. The van der Waals surface area contributed by atoms with Crippen molar-refractivity contribution in [2.75, 3.05) is 0 Å². The number of hydrogen-bond acceptors (Lipinski definition) is 2. The maximum Gasteiger partial charge on any atom is 0.241 e. The molecule has 0 aliphatic heterocycles. The molecule has 41 heavy (non-hydrogen) atoms. The third-order valence-electron chi connectivity index (χ3n) is 7.06. The largest absolute Gasteiger partial charge is 0.257 e. The van der Waals surface area contributed by atoms with Gasteiger partial charge >= 0.3 is 0 Å². The first-order valence-electron chi connectivity index (χ1n) is 13.7. The lowest BCUT2D eigenvalue weighted by atomic mass is 9.37. The molecule has 7 heteroatoms. The Kier molecular flexibility index (Phi) is 10.2. The fourth-order valence-electron chi connectivity index (χ4n) is 5.04. The smallest absolute Gasteiger partial charge is 0.241 e. The van der Waals surface area contributed by atoms with Crippen LogP contribution >= 0.6 is 23.2 Å². The van der Waals surface area contributed by atoms with Gasteiger partial charge in [0.15, 0.2) is 0 Å². The molecule has 6 aromatic rings. The van der Waals surface area contributed by atoms with Crippen molar-refractivity contribution in [3.8, 4) is 0 Å². The molecular formula is C34H30BCl2N3Si. The number of benzene rings is 5. The van der Waals surface area contributed by atoms with Crippen LogP contribution in [-0.4, -0.2) is 31.0 Å². The molecule has 0 saturated carbocycles. The lowest BCUT2D eigenvalue weighted by molar-refractivity contribution is 0.730. The van der Waals surface area contributed by atoms with Gasteiger partial charge in [0.05, 0.1) is 9.52 Å². The summed E-state index contributed by atoms with van der Waals surface area (Å²) in [6.45, 7) is 0.309. The van der Waals surface area contributed by atoms with Crippen molar-refractivity contribution in [3.05, 3.63) is 173 Å². The van der Waals surface area contributed by atoms with Crippen LogP contribution in [0.25, 0.3) is 0 Å². The maximum absolute atomic E-state index is 6.01. The second-order valence-electron chi connectivity index (χ2n) is 9.77. The predicted molar refractivity (Wildman–Crippen MR) is 177 cm³/mol. The van der Waals surface area contributed by atoms with Crippen LogP contribution in [0.1, 0.15) is 16.7 Å². The van der Waals surface area contributed by atoms with E-state index in [-0.39, 0.29) is 0 Å². The summed E-state index contributed by atoms with van der Waals surface area (Å²) in [5.74, 6) is 0. The van der Waals surface area contributed by atoms with E-state index in [2.05, 4.69) is 125 Å². The van der Waals surface area contributed by atoms with E-state index in [0.29, 0.717) is 12.3 Å². The molecule has 0 bridgehead atoms. The van der Waals surface area contributed by atoms with Crippen LogP contribution in [0.3, 0.4) is 0 Å². The highest BCUT2D eigenvalue weighted by Gasteiger charge is 2.20. The van der Waals surface area contributed by atoms with Gasteiger partial charge < -0.3 is 0 Å². The summed E-state index contributed by atoms with van der Waals surface area (Å²) in [7, 11) is -0.490. The van der Waals surface area contributed by atoms with Gasteiger partial charge in [0.25, 0.3) is 0 Å². The standard InChI is InChI=1S/C18H15B.C16H15Cl2N3Si/c1-4-10-16(11-5-1)19(17-12-6-2-7-13-17)18-14-8-3-9-15-18;17-14-5-1-12(2-6-14)16(13-3-7-15(18)8-4-13)22-11-21-10-19-9-20-21/h1-15H;1-10,16H,11,22H2. The third kappa shape index (κ3) is 8.08. The topological polar surface area (TPSA) is 30.7 Å². The molecule has 202 valence electrons. The van der Waals surface area contributed by atoms with Crippen molar-refractivity contribution >= 4 is 55.8 Å². The second-order valence-corrected chi connectivity index (χ2v) is 12.5. The lowest BCUT2D eigenvalue weighted by Gasteiger charge is -2.18. The molecule has 0 radical (unpaired) electrons. The quantitative estimate of drug-likeness (QED) is 0.213. The lowest BCUT2D eigenvalue weighted by Crippen LogP contribution is -2.51. The second kappa shape index (κ2) is 14.7. The Hall–Kier alpha value is -3.90. The van der Waals surface area contributed by atoms with Crippen molar-refractivity contribution in [1.29, 1.82) is 0 Å². The monoisotopic (exact) mass is 589 g/mol. The summed E-state index contributed by atoms with van der Waals surface area (Å²) < 4.78 is 1.91. The number of aromatic nitrogens is 3. The van der Waals surface area contributed by atoms with Gasteiger partial charge in [0, 0.05) is 16.2 Å². The average Bonchev–Trinajstić information content (AvgIpc) is 3.55. The van der Waals surface area contributed by atoms with Gasteiger partial charge in [-0.25, -0.2) is 4.98 Å². The Morgan fingerprint density at radius 3 is 1.37 bits per heavy atom. The van der Waals surface area contributed by atoms with Crippen LogP contribution in [0.2, 0.25) is 10.0 Å². The van der Waals surface area contributed by atoms with Gasteiger partial charge in [-0.2, -0.15) is 5.10 Å². The Morgan fingerprint density at radius 2 is 1.00 bits per heavy atom. The van der Waals surface area contributed by atoms with E-state index in [4.69, 9.17) is 23.2 Å². The van der Waals surface area contributed by atoms with Crippen LogP contribution in [0, 0.1) is 0 Å². The first-order chi connectivity index (χ1) is 20.2. The molecule has 1 heterocycles. The van der Waals surface area contributed by atoms with E-state index < -0.39 is 9.52 Å². The van der Waals surface area contributed by atoms with E-state index >= 15 is 0 Å². The van der Waals surface area contributed by atoms with Crippen LogP contribution in [0.4, 0.5) is 0 Å². The molecule has 0 amide bonds. The molecule has 0 fully saturated rings. The molecule has 0 atom stereocenters. The summed E-state index contributed by atoms with van der Waals surface area (Å²) >= 11 is 12.0. The van der Waals surface area contributed by atoms with E-state index in [1.165, 1.54) is 27.5 Å². The Labute approximate surface area is 254 Å². The van der Waals surface area contributed by atoms with Gasteiger partial charge in [0.2, 0.25) is 6.71 Å². The van der Waals surface area contributed by atoms with E-state index in [1.807, 2.05) is 28.9 Å². The highest BCUT2D eigenvalue weighted by molar-refractivity contribution is 6.95. The van der Waals surface area contributed by atoms with Crippen molar-refractivity contribution in [2.24, 2.45) is 0 Å². The van der Waals surface area contributed by atoms with Gasteiger partial charge in [0.1, 0.15) is 12.7 Å². The van der Waals surface area contributed by atoms with Crippen LogP contribution in [0.15, 0.2) is 152 Å². The maximum atomic E-state index is 6.01. The number of hydrogen-bond donors (Lipinski definition) is 0. The molecule has 3 nitrogen and oxygen atoms in total. The molecule has 0 N–H and O–H groups in total. The summed E-state index contributed by atoms with van der Waals surface area (Å²) in [6, 6.07) is 48.2. The van der Waals surface area contributed by atoms with Crippen molar-refractivity contribution in [3.63, 3.8) is 0 Å². The highest BCUT2D eigenvalue weighted by Crippen LogP contribution is 2.26. The molecule has 0 aliphatic carbocycles. The number of nitrogens with zero attached hydrogens (tertiary/aromatic N) is 3. The van der Waals surface area contributed by atoms with Gasteiger partial charge in [-0.15, -0.1) is 0 Å². The van der Waals surface area contributed by atoms with Gasteiger partial charge in [-0.05, 0) is 40.9 Å². The fourth-order valence-corrected chi connectivity index (χ4v) is 7.26. The van der Waals surface area contributed by atoms with Crippen molar-refractivity contribution < 1.29 is 0 Å². The van der Waals surface area contributed by atoms with Crippen molar-refractivity contribution in [1.82, 2.24) is 14.8 Å². The normalized spacial score (nSPS) is 10.9. The molecule has 0 aliphatic rings. The Balaban J connectivity index is 0.000000166. The van der Waals surface area contributed by atoms with Crippen LogP contribution in [0.5, 0.6) is 0 Å². The Morgan fingerprint density at radius 1 is 0.585 bits per heavy atom. The van der Waals surface area contributed by atoms with Crippen molar-refractivity contribution in [2.45, 2.75) is 11.7 Å². The average molecular weight is 590 g/mol. The summed E-state index contributed by atoms with van der Waals surface area (Å²) in [5, 5.41) is 5.72. The molecule has 0 saturated heterocycles. The third-order valence-corrected chi connectivity index (χ3v) is 9.80. The first-order valence-corrected chi connectivity index (χ1v) is 16.2. The minimum absolute atomic E-state index is 0.309. The van der Waals surface area contributed by atoms with Crippen LogP contribution < -0.4 is 16.4 Å². The molecular weight excluding hydrogens is 560 g/mol. The zero-order valence-electron chi connectivity index (χ0n) is 22.6. The minimum atomic E-state index is -0.490. The number of rotatable bonds is 8. The summed E-state index contributed by atoms with van der Waals surface area (Å²) in [5.41, 5.74) is 6.98. The molecule has 1 aromatic heterocycles. The molecule has 5 aromatic carbocycles. The van der Waals surface area contributed by atoms with Gasteiger partial charge in [-0.1, -0.05) is 155 Å². The fraction of sp³-hybridized carbons (Fsp3) is 0.0588.